The first-order valence-electron chi connectivity index (χ1n) is 8.18. The summed E-state index contributed by atoms with van der Waals surface area (Å²) in [5, 5.41) is 11.4. The highest BCUT2D eigenvalue weighted by Crippen LogP contribution is 2.31. The molecule has 0 radical (unpaired) electrons. The van der Waals surface area contributed by atoms with E-state index in [-0.39, 0.29) is 12.1 Å². The van der Waals surface area contributed by atoms with E-state index in [1.165, 1.54) is 0 Å². The number of urea groups is 1. The molecule has 1 fully saturated rings. The minimum absolute atomic E-state index is 0.0281. The van der Waals surface area contributed by atoms with E-state index < -0.39 is 0 Å². The monoisotopic (exact) mass is 312 g/mol. The fourth-order valence-electron chi connectivity index (χ4n) is 3.54. The molecule has 4 heterocycles. The largest absolute Gasteiger partial charge is 0.331 e. The minimum Gasteiger partial charge on any atom is -0.331 e. The molecule has 0 saturated carbocycles. The van der Waals surface area contributed by atoms with Crippen LogP contribution in [0.4, 0.5) is 4.79 Å². The maximum absolute atomic E-state index is 12.6. The average Bonchev–Trinajstić information content (AvgIpc) is 3.30. The Kier molecular flexibility index (Phi) is 3.69. The quantitative estimate of drug-likeness (QED) is 0.935. The van der Waals surface area contributed by atoms with E-state index >= 15 is 0 Å². The molecule has 2 aliphatic rings. The molecule has 2 amide bonds. The van der Waals surface area contributed by atoms with Crippen LogP contribution in [0.25, 0.3) is 0 Å². The second-order valence-electron chi connectivity index (χ2n) is 6.08. The molecule has 2 aliphatic heterocycles. The number of rotatable bonds is 3. The summed E-state index contributed by atoms with van der Waals surface area (Å²) in [5.74, 6) is 1.88. The van der Waals surface area contributed by atoms with Crippen molar-refractivity contribution in [3.63, 3.8) is 0 Å². The van der Waals surface area contributed by atoms with Gasteiger partial charge in [0.05, 0.1) is 12.6 Å². The molecule has 4 rings (SSSR count). The number of fused-ring (bicyclic) bond motifs is 1. The van der Waals surface area contributed by atoms with Gasteiger partial charge in [-0.1, -0.05) is 0 Å². The van der Waals surface area contributed by atoms with Gasteiger partial charge in [0.2, 0.25) is 0 Å². The van der Waals surface area contributed by atoms with Crippen LogP contribution in [0.1, 0.15) is 42.5 Å². The summed E-state index contributed by atoms with van der Waals surface area (Å²) in [6.07, 6.45) is 7.68. The van der Waals surface area contributed by atoms with Gasteiger partial charge in [-0.25, -0.2) is 4.79 Å². The standard InChI is InChI=1S/C16H20N6O/c23-16(18-11-15-20-19-14-4-2-10-22(14)15)21-9-1-3-13(21)12-5-7-17-8-6-12/h5-8,13H,1-4,9-11H2,(H,18,23). The summed E-state index contributed by atoms with van der Waals surface area (Å²) < 4.78 is 2.12. The van der Waals surface area contributed by atoms with Gasteiger partial charge in [0.1, 0.15) is 5.82 Å². The molecule has 7 nitrogen and oxygen atoms in total. The first-order chi connectivity index (χ1) is 11.3. The molecular weight excluding hydrogens is 292 g/mol. The van der Waals surface area contributed by atoms with Gasteiger partial charge in [-0.15, -0.1) is 10.2 Å². The van der Waals surface area contributed by atoms with Crippen LogP contribution in [-0.4, -0.2) is 37.2 Å². The fraction of sp³-hybridized carbons (Fsp3) is 0.500. The Bertz CT molecular complexity index is 698. The minimum atomic E-state index is -0.0281. The maximum Gasteiger partial charge on any atom is 0.318 e. The Morgan fingerprint density at radius 3 is 2.96 bits per heavy atom. The van der Waals surface area contributed by atoms with Crippen LogP contribution in [0.3, 0.4) is 0 Å². The predicted molar refractivity (Wildman–Crippen MR) is 83.5 cm³/mol. The van der Waals surface area contributed by atoms with Gasteiger partial charge in [0.15, 0.2) is 5.82 Å². The number of amides is 2. The third-order valence-corrected chi connectivity index (χ3v) is 4.69. The molecule has 2 aromatic rings. The first kappa shape index (κ1) is 14.2. The Morgan fingerprint density at radius 2 is 2.09 bits per heavy atom. The fourth-order valence-corrected chi connectivity index (χ4v) is 3.54. The summed E-state index contributed by atoms with van der Waals surface area (Å²) in [7, 11) is 0. The van der Waals surface area contributed by atoms with Crippen LogP contribution in [0.2, 0.25) is 0 Å². The summed E-state index contributed by atoms with van der Waals surface area (Å²) in [4.78, 5) is 18.5. The topological polar surface area (TPSA) is 75.9 Å². The van der Waals surface area contributed by atoms with Crippen LogP contribution in [0, 0.1) is 0 Å². The number of nitrogens with zero attached hydrogens (tertiary/aromatic N) is 5. The van der Waals surface area contributed by atoms with Crippen molar-refractivity contribution in [2.24, 2.45) is 0 Å². The molecule has 2 aromatic heterocycles. The predicted octanol–water partition coefficient (Wildman–Crippen LogP) is 1.67. The third-order valence-electron chi connectivity index (χ3n) is 4.69. The molecule has 1 unspecified atom stereocenters. The highest BCUT2D eigenvalue weighted by atomic mass is 16.2. The number of pyridine rings is 1. The molecule has 0 bridgehead atoms. The second-order valence-corrected chi connectivity index (χ2v) is 6.08. The van der Waals surface area contributed by atoms with E-state index in [1.807, 2.05) is 17.0 Å². The molecule has 0 aliphatic carbocycles. The molecule has 1 atom stereocenters. The number of carbonyl (C=O) groups excluding carboxylic acids is 1. The lowest BCUT2D eigenvalue weighted by Gasteiger charge is -2.25. The highest BCUT2D eigenvalue weighted by molar-refractivity contribution is 5.75. The number of likely N-dealkylation sites (tertiary alicyclic amines) is 1. The number of nitrogens with one attached hydrogen (secondary N) is 1. The zero-order valence-electron chi connectivity index (χ0n) is 13.0. The lowest BCUT2D eigenvalue weighted by Crippen LogP contribution is -2.39. The van der Waals surface area contributed by atoms with Gasteiger partial charge in [-0.05, 0) is 37.0 Å². The van der Waals surface area contributed by atoms with Gasteiger partial charge in [0, 0.05) is 31.9 Å². The Labute approximate surface area is 134 Å². The van der Waals surface area contributed by atoms with Crippen molar-refractivity contribution in [1.29, 1.82) is 0 Å². The number of aryl methyl sites for hydroxylation is 1. The SMILES string of the molecule is O=C(NCc1nnc2n1CCC2)N1CCCC1c1ccncc1. The molecular formula is C16H20N6O. The Balaban J connectivity index is 1.42. The molecule has 0 aromatic carbocycles. The van der Waals surface area contributed by atoms with E-state index in [2.05, 4.69) is 25.1 Å². The van der Waals surface area contributed by atoms with Crippen molar-refractivity contribution in [3.05, 3.63) is 41.7 Å². The van der Waals surface area contributed by atoms with Crippen molar-refractivity contribution < 1.29 is 4.79 Å². The van der Waals surface area contributed by atoms with Gasteiger partial charge in [0.25, 0.3) is 0 Å². The average molecular weight is 312 g/mol. The van der Waals surface area contributed by atoms with Crippen LogP contribution < -0.4 is 5.32 Å². The van der Waals surface area contributed by atoms with E-state index in [9.17, 15) is 4.79 Å². The van der Waals surface area contributed by atoms with E-state index in [0.717, 1.165) is 56.0 Å². The van der Waals surface area contributed by atoms with Crippen LogP contribution in [0.15, 0.2) is 24.5 Å². The van der Waals surface area contributed by atoms with E-state index in [1.54, 1.807) is 12.4 Å². The summed E-state index contributed by atoms with van der Waals surface area (Å²) in [5.41, 5.74) is 1.15. The van der Waals surface area contributed by atoms with Crippen molar-refractivity contribution in [1.82, 2.24) is 30.0 Å². The maximum atomic E-state index is 12.6. The molecule has 1 saturated heterocycles. The van der Waals surface area contributed by atoms with E-state index in [4.69, 9.17) is 0 Å². The smallest absolute Gasteiger partial charge is 0.318 e. The summed E-state index contributed by atoms with van der Waals surface area (Å²) in [6, 6.07) is 4.09. The van der Waals surface area contributed by atoms with Crippen LogP contribution >= 0.6 is 0 Å². The normalized spacial score (nSPS) is 19.8. The lowest BCUT2D eigenvalue weighted by molar-refractivity contribution is 0.192. The van der Waals surface area contributed by atoms with Gasteiger partial charge in [-0.3, -0.25) is 4.98 Å². The number of carbonyl (C=O) groups is 1. The van der Waals surface area contributed by atoms with Crippen molar-refractivity contribution in [2.75, 3.05) is 6.54 Å². The summed E-state index contributed by atoms with van der Waals surface area (Å²) >= 11 is 0. The zero-order chi connectivity index (χ0) is 15.6. The zero-order valence-corrected chi connectivity index (χ0v) is 13.0. The number of hydrogen-bond acceptors (Lipinski definition) is 4. The van der Waals surface area contributed by atoms with Gasteiger partial charge >= 0.3 is 6.03 Å². The van der Waals surface area contributed by atoms with Crippen molar-refractivity contribution in [2.45, 2.75) is 44.8 Å². The number of aromatic nitrogens is 4. The molecule has 0 spiro atoms. The molecule has 120 valence electrons. The van der Waals surface area contributed by atoms with Crippen molar-refractivity contribution >= 4 is 6.03 Å². The van der Waals surface area contributed by atoms with Crippen molar-refractivity contribution in [3.8, 4) is 0 Å². The van der Waals surface area contributed by atoms with E-state index in [0.29, 0.717) is 6.54 Å². The van der Waals surface area contributed by atoms with Gasteiger partial charge < -0.3 is 14.8 Å². The second kappa shape index (κ2) is 5.98. The van der Waals surface area contributed by atoms with Crippen LogP contribution in [-0.2, 0) is 19.5 Å². The first-order valence-corrected chi connectivity index (χ1v) is 8.18. The van der Waals surface area contributed by atoms with Gasteiger partial charge in [-0.2, -0.15) is 0 Å². The Hall–Kier alpha value is -2.44. The number of hydrogen-bond donors (Lipinski definition) is 1. The Morgan fingerprint density at radius 1 is 1.22 bits per heavy atom. The third kappa shape index (κ3) is 2.67. The molecule has 7 heteroatoms. The molecule has 23 heavy (non-hydrogen) atoms. The molecule has 1 N–H and O–H groups in total. The summed E-state index contributed by atoms with van der Waals surface area (Å²) in [6.45, 7) is 2.18. The van der Waals surface area contributed by atoms with Crippen LogP contribution in [0.5, 0.6) is 0 Å². The highest BCUT2D eigenvalue weighted by Gasteiger charge is 2.30. The lowest BCUT2D eigenvalue weighted by atomic mass is 10.1.